The fourth-order valence-corrected chi connectivity index (χ4v) is 3.95. The lowest BCUT2D eigenvalue weighted by Gasteiger charge is -2.46. The van der Waals surface area contributed by atoms with Gasteiger partial charge in [-0.05, 0) is 31.1 Å². The smallest absolute Gasteiger partial charge is 0.191 e. The van der Waals surface area contributed by atoms with Gasteiger partial charge in [0.05, 0.1) is 35.9 Å². The summed E-state index contributed by atoms with van der Waals surface area (Å²) in [6.07, 6.45) is 5.09. The molecule has 25 heavy (non-hydrogen) atoms. The van der Waals surface area contributed by atoms with Crippen LogP contribution in [-0.4, -0.2) is 24.0 Å². The van der Waals surface area contributed by atoms with Crippen LogP contribution >= 0.6 is 0 Å². The van der Waals surface area contributed by atoms with Gasteiger partial charge >= 0.3 is 0 Å². The molecule has 0 aromatic carbocycles. The molecule has 0 unspecified atom stereocenters. The third-order valence-corrected chi connectivity index (χ3v) is 5.33. The highest BCUT2D eigenvalue weighted by Crippen LogP contribution is 2.54. The molecule has 1 aliphatic heterocycles. The van der Waals surface area contributed by atoms with Gasteiger partial charge in [-0.3, -0.25) is 4.90 Å². The molecule has 2 heterocycles. The summed E-state index contributed by atoms with van der Waals surface area (Å²) in [5, 5.41) is 29.4. The Morgan fingerprint density at radius 2 is 2.04 bits per heavy atom. The van der Waals surface area contributed by atoms with Crippen LogP contribution in [0.15, 0.2) is 45.9 Å². The summed E-state index contributed by atoms with van der Waals surface area (Å²) in [4.78, 5) is 2.26. The Labute approximate surface area is 147 Å². The van der Waals surface area contributed by atoms with Crippen molar-refractivity contribution in [3.8, 4) is 18.2 Å². The molecule has 6 nitrogen and oxygen atoms in total. The van der Waals surface area contributed by atoms with Crippen molar-refractivity contribution in [3.05, 3.63) is 47.1 Å². The van der Waals surface area contributed by atoms with Gasteiger partial charge < -0.3 is 10.2 Å². The van der Waals surface area contributed by atoms with E-state index < -0.39 is 11.3 Å². The van der Waals surface area contributed by atoms with Crippen molar-refractivity contribution in [3.63, 3.8) is 0 Å². The molecule has 6 heteroatoms. The third kappa shape index (κ3) is 2.33. The number of nitrogens with zero attached hydrogens (tertiary/aromatic N) is 4. The fraction of sp³-hybridized carbons (Fsp3) is 0.421. The van der Waals surface area contributed by atoms with Gasteiger partial charge in [0.15, 0.2) is 5.41 Å². The van der Waals surface area contributed by atoms with Crippen LogP contribution in [0.5, 0.6) is 0 Å². The second kappa shape index (κ2) is 6.13. The van der Waals surface area contributed by atoms with Crippen molar-refractivity contribution in [1.82, 2.24) is 4.90 Å². The lowest BCUT2D eigenvalue weighted by atomic mass is 9.58. The standard InChI is InChI=1S/C19H19N5O/c1-12(2)24-5-3-14-15(7-20)18(23)19(10-21,11-22)17(16(14)8-24)13-4-6-25-9-13/h3-4,6,9,12,16-17H,5,8,23H2,1-2H3/t16-,17-/m0/s1. The number of nitrogens with two attached hydrogens (primary N) is 1. The van der Waals surface area contributed by atoms with Crippen molar-refractivity contribution in [1.29, 1.82) is 15.8 Å². The van der Waals surface area contributed by atoms with Gasteiger partial charge in [-0.25, -0.2) is 0 Å². The largest absolute Gasteiger partial charge is 0.472 e. The first kappa shape index (κ1) is 16.8. The average Bonchev–Trinajstić information content (AvgIpc) is 3.14. The number of allylic oxidation sites excluding steroid dienone is 2. The maximum atomic E-state index is 9.90. The fourth-order valence-electron chi connectivity index (χ4n) is 3.95. The number of nitriles is 3. The molecule has 2 aliphatic rings. The Kier molecular flexibility index (Phi) is 4.13. The zero-order valence-electron chi connectivity index (χ0n) is 14.2. The van der Waals surface area contributed by atoms with E-state index >= 15 is 0 Å². The lowest BCUT2D eigenvalue weighted by molar-refractivity contribution is 0.174. The molecule has 0 fully saturated rings. The summed E-state index contributed by atoms with van der Waals surface area (Å²) in [6.45, 7) is 5.58. The second-order valence-corrected chi connectivity index (χ2v) is 6.78. The molecule has 126 valence electrons. The monoisotopic (exact) mass is 333 g/mol. The van der Waals surface area contributed by atoms with Gasteiger partial charge in [0.2, 0.25) is 0 Å². The molecule has 0 amide bonds. The minimum absolute atomic E-state index is 0.0479. The minimum atomic E-state index is -1.59. The highest BCUT2D eigenvalue weighted by molar-refractivity contribution is 5.59. The van der Waals surface area contributed by atoms with Gasteiger partial charge in [-0.2, -0.15) is 15.8 Å². The molecule has 1 aromatic rings. The van der Waals surface area contributed by atoms with Gasteiger partial charge in [0.1, 0.15) is 6.07 Å². The summed E-state index contributed by atoms with van der Waals surface area (Å²) >= 11 is 0. The first-order chi connectivity index (χ1) is 12.0. The maximum absolute atomic E-state index is 9.90. The molecule has 2 N–H and O–H groups in total. The molecular formula is C19H19N5O. The highest BCUT2D eigenvalue weighted by Gasteiger charge is 2.54. The summed E-state index contributed by atoms with van der Waals surface area (Å²) in [5.74, 6) is -0.652. The normalized spacial score (nSPS) is 25.5. The number of hydrogen-bond acceptors (Lipinski definition) is 6. The molecular weight excluding hydrogens is 314 g/mol. The van der Waals surface area contributed by atoms with Crippen LogP contribution in [0.25, 0.3) is 0 Å². The Bertz CT molecular complexity index is 843. The highest BCUT2D eigenvalue weighted by atomic mass is 16.3. The maximum Gasteiger partial charge on any atom is 0.191 e. The SMILES string of the molecule is CC(C)N1CC=C2C(C#N)=C(N)C(C#N)(C#N)[C@@H](c3ccoc3)[C@H]2C1. The van der Waals surface area contributed by atoms with Crippen LogP contribution in [-0.2, 0) is 0 Å². The van der Waals surface area contributed by atoms with E-state index in [-0.39, 0.29) is 17.2 Å². The summed E-state index contributed by atoms with van der Waals surface area (Å²) in [7, 11) is 0. The number of furan rings is 1. The zero-order chi connectivity index (χ0) is 18.2. The van der Waals surface area contributed by atoms with Crippen molar-refractivity contribution >= 4 is 0 Å². The number of rotatable bonds is 2. The summed E-state index contributed by atoms with van der Waals surface area (Å²) in [5.41, 5.74) is 6.54. The first-order valence-corrected chi connectivity index (χ1v) is 8.19. The predicted octanol–water partition coefficient (Wildman–Crippen LogP) is 2.41. The van der Waals surface area contributed by atoms with Crippen LogP contribution in [0.3, 0.4) is 0 Å². The number of fused-ring (bicyclic) bond motifs is 1. The molecule has 1 aliphatic carbocycles. The molecule has 0 spiro atoms. The van der Waals surface area contributed by atoms with E-state index in [1.807, 2.05) is 6.08 Å². The van der Waals surface area contributed by atoms with Gasteiger partial charge in [0, 0.05) is 31.0 Å². The van der Waals surface area contributed by atoms with Crippen molar-refractivity contribution < 1.29 is 4.42 Å². The van der Waals surface area contributed by atoms with Gasteiger partial charge in [-0.15, -0.1) is 0 Å². The van der Waals surface area contributed by atoms with Gasteiger partial charge in [-0.1, -0.05) is 6.08 Å². The van der Waals surface area contributed by atoms with E-state index in [2.05, 4.69) is 37.0 Å². The lowest BCUT2D eigenvalue weighted by Crippen LogP contribution is -2.49. The van der Waals surface area contributed by atoms with Crippen LogP contribution < -0.4 is 5.73 Å². The van der Waals surface area contributed by atoms with Crippen LogP contribution in [0.1, 0.15) is 25.3 Å². The van der Waals surface area contributed by atoms with E-state index in [1.54, 1.807) is 12.3 Å². The van der Waals surface area contributed by atoms with Crippen molar-refractivity contribution in [2.75, 3.05) is 13.1 Å². The Morgan fingerprint density at radius 1 is 1.32 bits per heavy atom. The quantitative estimate of drug-likeness (QED) is 0.889. The van der Waals surface area contributed by atoms with E-state index in [9.17, 15) is 15.8 Å². The van der Waals surface area contributed by atoms with Crippen molar-refractivity contribution in [2.45, 2.75) is 25.8 Å². The second-order valence-electron chi connectivity index (χ2n) is 6.78. The Morgan fingerprint density at radius 3 is 2.56 bits per heavy atom. The Balaban J connectivity index is 2.28. The van der Waals surface area contributed by atoms with E-state index in [0.717, 1.165) is 11.1 Å². The molecule has 1 aromatic heterocycles. The molecule has 0 saturated heterocycles. The summed E-state index contributed by atoms with van der Waals surface area (Å²) in [6, 6.07) is 8.44. The van der Waals surface area contributed by atoms with Crippen LogP contribution in [0.2, 0.25) is 0 Å². The van der Waals surface area contributed by atoms with E-state index in [0.29, 0.717) is 19.1 Å². The molecule has 0 bridgehead atoms. The molecule has 0 radical (unpaired) electrons. The van der Waals surface area contributed by atoms with Crippen LogP contribution in [0.4, 0.5) is 0 Å². The Hall–Kier alpha value is -3.01. The van der Waals surface area contributed by atoms with Gasteiger partial charge in [0.25, 0.3) is 0 Å². The van der Waals surface area contributed by atoms with Crippen LogP contribution in [0, 0.1) is 45.3 Å². The van der Waals surface area contributed by atoms with E-state index in [1.165, 1.54) is 6.26 Å². The zero-order valence-corrected chi connectivity index (χ0v) is 14.2. The topological polar surface area (TPSA) is 114 Å². The summed E-state index contributed by atoms with van der Waals surface area (Å²) < 4.78 is 5.22. The predicted molar refractivity (Wildman–Crippen MR) is 90.2 cm³/mol. The van der Waals surface area contributed by atoms with Crippen molar-refractivity contribution in [2.24, 2.45) is 17.1 Å². The average molecular weight is 333 g/mol. The third-order valence-electron chi connectivity index (χ3n) is 5.33. The first-order valence-electron chi connectivity index (χ1n) is 8.19. The molecule has 3 rings (SSSR count). The van der Waals surface area contributed by atoms with E-state index in [4.69, 9.17) is 10.2 Å². The number of hydrogen-bond donors (Lipinski definition) is 1. The molecule has 2 atom stereocenters. The minimum Gasteiger partial charge on any atom is -0.472 e. The molecule has 0 saturated carbocycles.